The maximum Gasteiger partial charge on any atom is 0.239 e. The maximum atomic E-state index is 5.88. The smallest absolute Gasteiger partial charge is 0.239 e. The molecule has 1 aliphatic rings. The molecule has 2 heterocycles. The molecule has 0 bridgehead atoms. The average Bonchev–Trinajstić information content (AvgIpc) is 2.76. The first kappa shape index (κ1) is 13.9. The Hall–Kier alpha value is -1.49. The minimum atomic E-state index is -0.0571. The summed E-state index contributed by atoms with van der Waals surface area (Å²) in [6.45, 7) is 8.41. The molecule has 1 aromatic heterocycles. The number of ether oxygens (including phenoxy) is 2. The van der Waals surface area contributed by atoms with Crippen LogP contribution in [0.1, 0.15) is 27.2 Å². The van der Waals surface area contributed by atoms with Crippen molar-refractivity contribution in [2.45, 2.75) is 32.7 Å². The Bertz CT molecular complexity index is 429. The van der Waals surface area contributed by atoms with Gasteiger partial charge in [-0.05, 0) is 31.4 Å². The maximum absolute atomic E-state index is 5.88. The number of nitrogens with two attached hydrogens (primary N) is 1. The highest BCUT2D eigenvalue weighted by Gasteiger charge is 2.29. The van der Waals surface area contributed by atoms with Crippen molar-refractivity contribution in [3.05, 3.63) is 12.1 Å². The largest absolute Gasteiger partial charge is 0.476 e. The summed E-state index contributed by atoms with van der Waals surface area (Å²) in [5.41, 5.74) is 6.39. The predicted octanol–water partition coefficient (Wildman–Crippen LogP) is 2.29. The summed E-state index contributed by atoms with van der Waals surface area (Å²) in [5, 5.41) is 3.40. The van der Waals surface area contributed by atoms with Gasteiger partial charge in [-0.3, -0.25) is 0 Å². The molecule has 2 rings (SSSR count). The molecule has 1 aliphatic heterocycles. The first-order valence-electron chi connectivity index (χ1n) is 6.74. The number of anilines is 2. The van der Waals surface area contributed by atoms with Crippen molar-refractivity contribution in [1.82, 2.24) is 4.98 Å². The monoisotopic (exact) mass is 265 g/mol. The Morgan fingerprint density at radius 2 is 2.32 bits per heavy atom. The highest BCUT2D eigenvalue weighted by Crippen LogP contribution is 2.26. The molecular weight excluding hydrogens is 242 g/mol. The minimum absolute atomic E-state index is 0.0571. The van der Waals surface area contributed by atoms with Crippen LogP contribution in [-0.2, 0) is 4.74 Å². The van der Waals surface area contributed by atoms with E-state index in [9.17, 15) is 0 Å². The molecule has 5 nitrogen and oxygen atoms in total. The molecule has 0 aromatic carbocycles. The van der Waals surface area contributed by atoms with E-state index in [0.29, 0.717) is 30.7 Å². The van der Waals surface area contributed by atoms with E-state index in [1.807, 2.05) is 12.1 Å². The molecule has 19 heavy (non-hydrogen) atoms. The molecule has 1 atom stereocenters. The molecule has 106 valence electrons. The van der Waals surface area contributed by atoms with E-state index >= 15 is 0 Å². The molecular formula is C14H23N3O2. The van der Waals surface area contributed by atoms with Crippen LogP contribution in [0.15, 0.2) is 12.1 Å². The first-order chi connectivity index (χ1) is 8.98. The van der Waals surface area contributed by atoms with Crippen molar-refractivity contribution in [3.8, 4) is 5.88 Å². The quantitative estimate of drug-likeness (QED) is 0.855. The highest BCUT2D eigenvalue weighted by atomic mass is 16.5. The van der Waals surface area contributed by atoms with Crippen LogP contribution in [0, 0.1) is 5.92 Å². The van der Waals surface area contributed by atoms with Gasteiger partial charge in [-0.1, -0.05) is 13.8 Å². The third-order valence-electron chi connectivity index (χ3n) is 3.09. The zero-order valence-corrected chi connectivity index (χ0v) is 11.9. The summed E-state index contributed by atoms with van der Waals surface area (Å²) >= 11 is 0. The summed E-state index contributed by atoms with van der Waals surface area (Å²) in [5.74, 6) is 1.72. The number of nitrogen functional groups attached to an aromatic ring is 1. The lowest BCUT2D eigenvalue weighted by molar-refractivity contribution is 0.185. The molecule has 1 fully saturated rings. The molecule has 0 amide bonds. The number of nitrogens with zero attached hydrogens (tertiary/aromatic N) is 1. The third kappa shape index (κ3) is 3.73. The summed E-state index contributed by atoms with van der Waals surface area (Å²) in [6.07, 6.45) is 0.973. The zero-order chi connectivity index (χ0) is 13.9. The van der Waals surface area contributed by atoms with E-state index in [0.717, 1.165) is 18.8 Å². The summed E-state index contributed by atoms with van der Waals surface area (Å²) in [6, 6.07) is 3.70. The van der Waals surface area contributed by atoms with E-state index in [-0.39, 0.29) is 5.54 Å². The number of nitrogens with one attached hydrogen (secondary N) is 1. The molecule has 0 radical (unpaired) electrons. The van der Waals surface area contributed by atoms with E-state index in [1.165, 1.54) is 0 Å². The molecule has 5 heteroatoms. The van der Waals surface area contributed by atoms with Gasteiger partial charge in [0.25, 0.3) is 0 Å². The highest BCUT2D eigenvalue weighted by molar-refractivity contribution is 5.54. The SMILES string of the molecule is CC(C)COc1nc(NC2(C)CCOC2)ccc1N. The number of aromatic nitrogens is 1. The number of hydrogen-bond donors (Lipinski definition) is 2. The van der Waals surface area contributed by atoms with E-state index in [1.54, 1.807) is 0 Å². The molecule has 1 unspecified atom stereocenters. The van der Waals surface area contributed by atoms with E-state index in [2.05, 4.69) is 31.1 Å². The third-order valence-corrected chi connectivity index (χ3v) is 3.09. The number of hydrogen-bond acceptors (Lipinski definition) is 5. The van der Waals surface area contributed by atoms with Gasteiger partial charge in [-0.15, -0.1) is 0 Å². The van der Waals surface area contributed by atoms with Crippen LogP contribution in [-0.4, -0.2) is 30.3 Å². The van der Waals surface area contributed by atoms with Gasteiger partial charge in [-0.2, -0.15) is 4.98 Å². The fraction of sp³-hybridized carbons (Fsp3) is 0.643. The van der Waals surface area contributed by atoms with Crippen LogP contribution in [0.3, 0.4) is 0 Å². The van der Waals surface area contributed by atoms with Gasteiger partial charge in [0, 0.05) is 6.61 Å². The fourth-order valence-electron chi connectivity index (χ4n) is 1.96. The minimum Gasteiger partial charge on any atom is -0.476 e. The lowest BCUT2D eigenvalue weighted by Gasteiger charge is -2.24. The van der Waals surface area contributed by atoms with Crippen molar-refractivity contribution < 1.29 is 9.47 Å². The molecule has 3 N–H and O–H groups in total. The van der Waals surface area contributed by atoms with Crippen LogP contribution >= 0.6 is 0 Å². The van der Waals surface area contributed by atoms with Crippen molar-refractivity contribution in [2.24, 2.45) is 5.92 Å². The van der Waals surface area contributed by atoms with Crippen LogP contribution in [0.4, 0.5) is 11.5 Å². The van der Waals surface area contributed by atoms with E-state index in [4.69, 9.17) is 15.2 Å². The fourth-order valence-corrected chi connectivity index (χ4v) is 1.96. The Morgan fingerprint density at radius 3 is 2.95 bits per heavy atom. The van der Waals surface area contributed by atoms with Gasteiger partial charge in [0.2, 0.25) is 5.88 Å². The second kappa shape index (κ2) is 5.65. The van der Waals surface area contributed by atoms with Crippen molar-refractivity contribution in [2.75, 3.05) is 30.9 Å². The Labute approximate surface area is 114 Å². The van der Waals surface area contributed by atoms with Gasteiger partial charge in [0.1, 0.15) is 5.82 Å². The molecule has 0 aliphatic carbocycles. The molecule has 0 spiro atoms. The number of pyridine rings is 1. The van der Waals surface area contributed by atoms with Crippen molar-refractivity contribution in [1.29, 1.82) is 0 Å². The topological polar surface area (TPSA) is 69.4 Å². The van der Waals surface area contributed by atoms with Crippen molar-refractivity contribution >= 4 is 11.5 Å². The van der Waals surface area contributed by atoms with Gasteiger partial charge in [0.15, 0.2) is 0 Å². The zero-order valence-electron chi connectivity index (χ0n) is 11.9. The predicted molar refractivity (Wildman–Crippen MR) is 76.4 cm³/mol. The van der Waals surface area contributed by atoms with Crippen LogP contribution < -0.4 is 15.8 Å². The van der Waals surface area contributed by atoms with Crippen molar-refractivity contribution in [3.63, 3.8) is 0 Å². The van der Waals surface area contributed by atoms with Crippen LogP contribution in [0.25, 0.3) is 0 Å². The van der Waals surface area contributed by atoms with E-state index < -0.39 is 0 Å². The standard InChI is InChI=1S/C14H23N3O2/c1-10(2)8-19-13-11(15)4-5-12(16-13)17-14(3)6-7-18-9-14/h4-5,10H,6-9,15H2,1-3H3,(H,16,17). The lowest BCUT2D eigenvalue weighted by Crippen LogP contribution is -2.35. The van der Waals surface area contributed by atoms with Crippen LogP contribution in [0.5, 0.6) is 5.88 Å². The summed E-state index contributed by atoms with van der Waals surface area (Å²) in [7, 11) is 0. The first-order valence-corrected chi connectivity index (χ1v) is 6.74. The lowest BCUT2D eigenvalue weighted by atomic mass is 10.0. The average molecular weight is 265 g/mol. The van der Waals surface area contributed by atoms with Gasteiger partial charge in [-0.25, -0.2) is 0 Å². The summed E-state index contributed by atoms with van der Waals surface area (Å²) < 4.78 is 11.0. The van der Waals surface area contributed by atoms with Gasteiger partial charge < -0.3 is 20.5 Å². The second-order valence-corrected chi connectivity index (χ2v) is 5.78. The molecule has 1 saturated heterocycles. The Morgan fingerprint density at radius 1 is 1.53 bits per heavy atom. The molecule has 0 saturated carbocycles. The normalized spacial score (nSPS) is 22.7. The molecule has 1 aromatic rings. The second-order valence-electron chi connectivity index (χ2n) is 5.78. The number of rotatable bonds is 5. The summed E-state index contributed by atoms with van der Waals surface area (Å²) in [4.78, 5) is 4.44. The Kier molecular flexibility index (Phi) is 4.14. The van der Waals surface area contributed by atoms with Gasteiger partial charge >= 0.3 is 0 Å². The van der Waals surface area contributed by atoms with Gasteiger partial charge in [0.05, 0.1) is 24.4 Å². The van der Waals surface area contributed by atoms with Crippen LogP contribution in [0.2, 0.25) is 0 Å². The Balaban J connectivity index is 2.07.